The maximum absolute atomic E-state index is 13.0. The van der Waals surface area contributed by atoms with Crippen molar-refractivity contribution in [2.45, 2.75) is 44.7 Å². The number of morpholine rings is 1. The minimum absolute atomic E-state index is 0.106. The summed E-state index contributed by atoms with van der Waals surface area (Å²) in [7, 11) is -3.55. The molecule has 8 heteroatoms. The molecule has 1 atom stereocenters. The molecule has 0 radical (unpaired) electrons. The molecule has 2 heterocycles. The van der Waals surface area contributed by atoms with Gasteiger partial charge in [-0.1, -0.05) is 13.8 Å². The number of nitrogens with zero attached hydrogens (tertiary/aromatic N) is 2. The van der Waals surface area contributed by atoms with Crippen molar-refractivity contribution in [3.8, 4) is 0 Å². The molecule has 0 aliphatic carbocycles. The summed E-state index contributed by atoms with van der Waals surface area (Å²) in [6, 6.07) is -0.106. The van der Waals surface area contributed by atoms with Gasteiger partial charge in [-0.3, -0.25) is 5.10 Å². The molecule has 1 fully saturated rings. The predicted octanol–water partition coefficient (Wildman–Crippen LogP) is 0.627. The van der Waals surface area contributed by atoms with Crippen LogP contribution in [0.2, 0.25) is 0 Å². The van der Waals surface area contributed by atoms with Crippen LogP contribution in [-0.2, 0) is 21.3 Å². The van der Waals surface area contributed by atoms with Crippen molar-refractivity contribution in [1.82, 2.24) is 19.8 Å². The first kappa shape index (κ1) is 16.4. The van der Waals surface area contributed by atoms with Gasteiger partial charge >= 0.3 is 0 Å². The fourth-order valence-corrected chi connectivity index (χ4v) is 4.57. The first-order valence-electron chi connectivity index (χ1n) is 7.36. The van der Waals surface area contributed by atoms with Crippen molar-refractivity contribution >= 4 is 10.0 Å². The zero-order valence-corrected chi connectivity index (χ0v) is 13.7. The molecule has 0 bridgehead atoms. The molecule has 120 valence electrons. The van der Waals surface area contributed by atoms with E-state index in [1.807, 2.05) is 13.8 Å². The molecule has 0 saturated carbocycles. The maximum Gasteiger partial charge on any atom is 0.247 e. The van der Waals surface area contributed by atoms with E-state index in [9.17, 15) is 8.42 Å². The first-order valence-corrected chi connectivity index (χ1v) is 8.80. The summed E-state index contributed by atoms with van der Waals surface area (Å²) in [5, 5.41) is 10.1. The molecule has 1 saturated heterocycles. The molecule has 0 aromatic carbocycles. The number of hydrogen-bond acceptors (Lipinski definition) is 5. The van der Waals surface area contributed by atoms with Crippen molar-refractivity contribution in [3.63, 3.8) is 0 Å². The number of aromatic nitrogens is 2. The monoisotopic (exact) mass is 316 g/mol. The number of sulfonamides is 1. The van der Waals surface area contributed by atoms with E-state index < -0.39 is 10.0 Å². The van der Waals surface area contributed by atoms with E-state index in [0.717, 1.165) is 13.0 Å². The van der Waals surface area contributed by atoms with Gasteiger partial charge in [0.15, 0.2) is 0 Å². The van der Waals surface area contributed by atoms with E-state index >= 15 is 0 Å². The molecule has 1 aliphatic heterocycles. The summed E-state index contributed by atoms with van der Waals surface area (Å²) in [4.78, 5) is 0.309. The van der Waals surface area contributed by atoms with Gasteiger partial charge in [-0.25, -0.2) is 8.42 Å². The van der Waals surface area contributed by atoms with Crippen LogP contribution in [0.5, 0.6) is 0 Å². The zero-order valence-electron chi connectivity index (χ0n) is 12.8. The molecule has 0 spiro atoms. The fraction of sp³-hybridized carbons (Fsp3) is 0.769. The summed E-state index contributed by atoms with van der Waals surface area (Å²) in [5.74, 6) is 0. The Labute approximate surface area is 126 Å². The van der Waals surface area contributed by atoms with Gasteiger partial charge in [0, 0.05) is 19.1 Å². The van der Waals surface area contributed by atoms with E-state index in [2.05, 4.69) is 15.5 Å². The summed E-state index contributed by atoms with van der Waals surface area (Å²) >= 11 is 0. The van der Waals surface area contributed by atoms with Crippen LogP contribution < -0.4 is 5.32 Å². The van der Waals surface area contributed by atoms with Crippen molar-refractivity contribution in [1.29, 1.82) is 0 Å². The van der Waals surface area contributed by atoms with Crippen molar-refractivity contribution < 1.29 is 13.2 Å². The molecule has 2 rings (SSSR count). The highest BCUT2D eigenvalue weighted by atomic mass is 32.2. The smallest absolute Gasteiger partial charge is 0.247 e. The quantitative estimate of drug-likeness (QED) is 0.803. The fourth-order valence-electron chi connectivity index (χ4n) is 2.57. The molecule has 1 unspecified atom stereocenters. The third-order valence-electron chi connectivity index (χ3n) is 3.72. The second kappa shape index (κ2) is 6.87. The molecule has 7 nitrogen and oxygen atoms in total. The minimum atomic E-state index is -3.55. The molecule has 0 amide bonds. The van der Waals surface area contributed by atoms with Crippen LogP contribution in [0.1, 0.15) is 31.7 Å². The topological polar surface area (TPSA) is 87.3 Å². The van der Waals surface area contributed by atoms with E-state index in [1.54, 1.807) is 11.2 Å². The summed E-state index contributed by atoms with van der Waals surface area (Å²) < 4.78 is 33.0. The number of H-pyrrole nitrogens is 1. The minimum Gasteiger partial charge on any atom is -0.378 e. The Balaban J connectivity index is 2.36. The molecular weight excluding hydrogens is 292 g/mol. The lowest BCUT2D eigenvalue weighted by atomic mass is 10.2. The second-order valence-corrected chi connectivity index (χ2v) is 6.98. The van der Waals surface area contributed by atoms with Crippen LogP contribution in [0.4, 0.5) is 0 Å². The third-order valence-corrected chi connectivity index (χ3v) is 5.87. The lowest BCUT2D eigenvalue weighted by Gasteiger charge is -2.34. The molecular formula is C13H24N4O3S. The van der Waals surface area contributed by atoms with Crippen LogP contribution in [0, 0.1) is 6.92 Å². The molecule has 1 aromatic heterocycles. The lowest BCUT2D eigenvalue weighted by Crippen LogP contribution is -2.48. The standard InChI is InChI=1S/C13H24N4O3S/c1-4-11-9-20-7-6-17(11)21(18,19)13-10(3)15-16-12(13)8-14-5-2/h11,14H,4-9H2,1-3H3,(H,15,16). The highest BCUT2D eigenvalue weighted by Gasteiger charge is 2.36. The van der Waals surface area contributed by atoms with Gasteiger partial charge in [0.1, 0.15) is 4.90 Å². The van der Waals surface area contributed by atoms with Crippen LogP contribution in [0.25, 0.3) is 0 Å². The van der Waals surface area contributed by atoms with Gasteiger partial charge in [-0.2, -0.15) is 9.40 Å². The molecule has 1 aromatic rings. The van der Waals surface area contributed by atoms with E-state index in [4.69, 9.17) is 4.74 Å². The molecule has 1 aliphatic rings. The summed E-state index contributed by atoms with van der Waals surface area (Å²) in [5.41, 5.74) is 1.14. The Kier molecular flexibility index (Phi) is 5.37. The highest BCUT2D eigenvalue weighted by Crippen LogP contribution is 2.26. The Morgan fingerprint density at radius 1 is 1.48 bits per heavy atom. The third kappa shape index (κ3) is 3.28. The Bertz CT molecular complexity index is 570. The number of aromatic amines is 1. The van der Waals surface area contributed by atoms with E-state index in [-0.39, 0.29) is 6.04 Å². The van der Waals surface area contributed by atoms with E-state index in [1.165, 1.54) is 0 Å². The van der Waals surface area contributed by atoms with Crippen LogP contribution in [-0.4, -0.2) is 55.3 Å². The first-order chi connectivity index (χ1) is 10.0. The average Bonchev–Trinajstić information content (AvgIpc) is 2.86. The summed E-state index contributed by atoms with van der Waals surface area (Å²) in [6.45, 7) is 8.19. The molecule has 21 heavy (non-hydrogen) atoms. The van der Waals surface area contributed by atoms with Gasteiger partial charge in [0.05, 0.1) is 24.6 Å². The normalized spacial score (nSPS) is 20.8. The number of hydrogen-bond donors (Lipinski definition) is 2. The lowest BCUT2D eigenvalue weighted by molar-refractivity contribution is 0.0314. The van der Waals surface area contributed by atoms with Crippen LogP contribution >= 0.6 is 0 Å². The van der Waals surface area contributed by atoms with Crippen molar-refractivity contribution in [2.24, 2.45) is 0 Å². The van der Waals surface area contributed by atoms with Gasteiger partial charge in [-0.15, -0.1) is 0 Å². The van der Waals surface area contributed by atoms with E-state index in [0.29, 0.717) is 42.6 Å². The second-order valence-electron chi connectivity index (χ2n) is 5.16. The molecule has 2 N–H and O–H groups in total. The predicted molar refractivity (Wildman–Crippen MR) is 79.5 cm³/mol. The van der Waals surface area contributed by atoms with Crippen LogP contribution in [0.15, 0.2) is 4.90 Å². The zero-order chi connectivity index (χ0) is 15.5. The number of aryl methyl sites for hydroxylation is 1. The van der Waals surface area contributed by atoms with Crippen molar-refractivity contribution in [2.75, 3.05) is 26.3 Å². The Hall–Kier alpha value is -0.960. The largest absolute Gasteiger partial charge is 0.378 e. The SMILES string of the molecule is CCNCc1n[nH]c(C)c1S(=O)(=O)N1CCOCC1CC. The number of ether oxygens (including phenoxy) is 1. The van der Waals surface area contributed by atoms with Gasteiger partial charge < -0.3 is 10.1 Å². The Morgan fingerprint density at radius 2 is 2.24 bits per heavy atom. The number of nitrogens with one attached hydrogen (secondary N) is 2. The van der Waals surface area contributed by atoms with Gasteiger partial charge in [-0.05, 0) is 19.9 Å². The highest BCUT2D eigenvalue weighted by molar-refractivity contribution is 7.89. The number of rotatable bonds is 6. The van der Waals surface area contributed by atoms with Crippen molar-refractivity contribution in [3.05, 3.63) is 11.4 Å². The van der Waals surface area contributed by atoms with Gasteiger partial charge in [0.2, 0.25) is 10.0 Å². The Morgan fingerprint density at radius 3 is 2.90 bits per heavy atom. The van der Waals surface area contributed by atoms with Gasteiger partial charge in [0.25, 0.3) is 0 Å². The average molecular weight is 316 g/mol. The summed E-state index contributed by atoms with van der Waals surface area (Å²) in [6.07, 6.45) is 0.735. The van der Waals surface area contributed by atoms with Crippen LogP contribution in [0.3, 0.4) is 0 Å². The maximum atomic E-state index is 13.0.